The largest absolute Gasteiger partial charge is 0.319 e. The second-order valence-corrected chi connectivity index (χ2v) is 5.14. The molecule has 84 valence electrons. The number of rotatable bonds is 4. The highest BCUT2D eigenvalue weighted by Gasteiger charge is 2.23. The molecule has 0 aromatic rings. The van der Waals surface area contributed by atoms with Crippen LogP contribution in [0.4, 0.5) is 0 Å². The molecule has 0 aromatic carbocycles. The van der Waals surface area contributed by atoms with Gasteiger partial charge in [-0.25, -0.2) is 0 Å². The molecule has 14 heavy (non-hydrogen) atoms. The molecule has 3 unspecified atom stereocenters. The Hall–Kier alpha value is -0.0800. The monoisotopic (exact) mass is 198 g/mol. The molecule has 1 saturated heterocycles. The quantitative estimate of drug-likeness (QED) is 0.743. The highest BCUT2D eigenvalue weighted by Crippen LogP contribution is 2.22. The topological polar surface area (TPSA) is 15.3 Å². The first-order valence-corrected chi connectivity index (χ1v) is 6.02. The van der Waals surface area contributed by atoms with Crippen LogP contribution in [0.15, 0.2) is 0 Å². The van der Waals surface area contributed by atoms with E-state index in [1.165, 1.54) is 25.9 Å². The van der Waals surface area contributed by atoms with Crippen molar-refractivity contribution in [3.8, 4) is 0 Å². The molecule has 1 aliphatic heterocycles. The molecule has 1 aliphatic rings. The first kappa shape index (κ1) is 12.0. The average molecular weight is 198 g/mol. The van der Waals surface area contributed by atoms with Gasteiger partial charge < -0.3 is 10.2 Å². The fourth-order valence-corrected chi connectivity index (χ4v) is 2.54. The zero-order chi connectivity index (χ0) is 10.6. The molecule has 1 N–H and O–H groups in total. The van der Waals surface area contributed by atoms with Gasteiger partial charge in [-0.2, -0.15) is 0 Å². The predicted octanol–water partition coefficient (Wildman–Crippen LogP) is 1.96. The van der Waals surface area contributed by atoms with Gasteiger partial charge in [0.15, 0.2) is 0 Å². The molecule has 0 saturated carbocycles. The van der Waals surface area contributed by atoms with Gasteiger partial charge in [0.2, 0.25) is 0 Å². The Labute approximate surface area is 89.1 Å². The van der Waals surface area contributed by atoms with E-state index in [0.29, 0.717) is 0 Å². The summed E-state index contributed by atoms with van der Waals surface area (Å²) < 4.78 is 0. The van der Waals surface area contributed by atoms with Crippen LogP contribution in [0.25, 0.3) is 0 Å². The average Bonchev–Trinajstić information content (AvgIpc) is 2.10. The normalized spacial score (nSPS) is 31.7. The van der Waals surface area contributed by atoms with Crippen molar-refractivity contribution in [2.45, 2.75) is 39.7 Å². The van der Waals surface area contributed by atoms with E-state index < -0.39 is 0 Å². The van der Waals surface area contributed by atoms with Crippen LogP contribution in [0.1, 0.15) is 33.6 Å². The number of likely N-dealkylation sites (tertiary alicyclic amines) is 1. The van der Waals surface area contributed by atoms with Crippen molar-refractivity contribution in [3.63, 3.8) is 0 Å². The molecular weight excluding hydrogens is 172 g/mol. The zero-order valence-electron chi connectivity index (χ0n) is 10.2. The van der Waals surface area contributed by atoms with E-state index in [1.807, 2.05) is 7.05 Å². The van der Waals surface area contributed by atoms with E-state index >= 15 is 0 Å². The van der Waals surface area contributed by atoms with Crippen LogP contribution in [-0.2, 0) is 0 Å². The molecule has 2 heteroatoms. The summed E-state index contributed by atoms with van der Waals surface area (Å²) >= 11 is 0. The molecule has 0 aliphatic carbocycles. The lowest BCUT2D eigenvalue weighted by Gasteiger charge is -2.38. The number of hydrogen-bond donors (Lipinski definition) is 1. The van der Waals surface area contributed by atoms with Crippen molar-refractivity contribution in [1.29, 1.82) is 0 Å². The van der Waals surface area contributed by atoms with Gasteiger partial charge in [0.1, 0.15) is 0 Å². The van der Waals surface area contributed by atoms with Gasteiger partial charge >= 0.3 is 0 Å². The Morgan fingerprint density at radius 3 is 2.71 bits per heavy atom. The summed E-state index contributed by atoms with van der Waals surface area (Å²) in [5.74, 6) is 1.71. The Morgan fingerprint density at radius 1 is 1.43 bits per heavy atom. The third kappa shape index (κ3) is 3.58. The summed E-state index contributed by atoms with van der Waals surface area (Å²) in [4.78, 5) is 2.65. The maximum Gasteiger partial charge on any atom is 0.00695 e. The maximum absolute atomic E-state index is 3.25. The van der Waals surface area contributed by atoms with Crippen LogP contribution in [0.3, 0.4) is 0 Å². The summed E-state index contributed by atoms with van der Waals surface area (Å²) in [5, 5.41) is 3.25. The maximum atomic E-state index is 3.25. The van der Waals surface area contributed by atoms with Crippen molar-refractivity contribution >= 4 is 0 Å². The minimum atomic E-state index is 0.774. The van der Waals surface area contributed by atoms with Crippen molar-refractivity contribution in [2.24, 2.45) is 11.8 Å². The summed E-state index contributed by atoms with van der Waals surface area (Å²) in [6.45, 7) is 10.8. The van der Waals surface area contributed by atoms with E-state index in [0.717, 1.165) is 24.4 Å². The Balaban J connectivity index is 2.29. The SMILES string of the molecule is CNCC(C)CN1CCC(C)CC1C. The lowest BCUT2D eigenvalue weighted by molar-refractivity contribution is 0.113. The van der Waals surface area contributed by atoms with Gasteiger partial charge in [0, 0.05) is 12.6 Å². The highest BCUT2D eigenvalue weighted by molar-refractivity contribution is 4.78. The summed E-state index contributed by atoms with van der Waals surface area (Å²) in [6, 6.07) is 0.790. The molecular formula is C12H26N2. The molecule has 1 fully saturated rings. The van der Waals surface area contributed by atoms with Crippen LogP contribution >= 0.6 is 0 Å². The standard InChI is InChI=1S/C12H26N2/c1-10-5-6-14(12(3)7-10)9-11(2)8-13-4/h10-13H,5-9H2,1-4H3. The second kappa shape index (κ2) is 5.72. The summed E-state index contributed by atoms with van der Waals surface area (Å²) in [6.07, 6.45) is 2.77. The van der Waals surface area contributed by atoms with Crippen LogP contribution < -0.4 is 5.32 Å². The number of hydrogen-bond acceptors (Lipinski definition) is 2. The summed E-state index contributed by atoms with van der Waals surface area (Å²) in [5.41, 5.74) is 0. The van der Waals surface area contributed by atoms with Crippen LogP contribution in [-0.4, -0.2) is 37.6 Å². The van der Waals surface area contributed by atoms with Gasteiger partial charge in [-0.3, -0.25) is 0 Å². The van der Waals surface area contributed by atoms with E-state index in [2.05, 4.69) is 31.0 Å². The fourth-order valence-electron chi connectivity index (χ4n) is 2.54. The van der Waals surface area contributed by atoms with Crippen LogP contribution in [0.2, 0.25) is 0 Å². The minimum Gasteiger partial charge on any atom is -0.319 e. The Kier molecular flexibility index (Phi) is 4.90. The number of nitrogens with one attached hydrogen (secondary N) is 1. The number of nitrogens with zero attached hydrogens (tertiary/aromatic N) is 1. The van der Waals surface area contributed by atoms with Gasteiger partial charge in [0.25, 0.3) is 0 Å². The molecule has 0 bridgehead atoms. The minimum absolute atomic E-state index is 0.774. The Morgan fingerprint density at radius 2 is 2.14 bits per heavy atom. The van der Waals surface area contributed by atoms with Crippen molar-refractivity contribution in [3.05, 3.63) is 0 Å². The zero-order valence-corrected chi connectivity index (χ0v) is 10.2. The molecule has 1 rings (SSSR count). The second-order valence-electron chi connectivity index (χ2n) is 5.14. The molecule has 0 radical (unpaired) electrons. The van der Waals surface area contributed by atoms with E-state index in [4.69, 9.17) is 0 Å². The van der Waals surface area contributed by atoms with Crippen LogP contribution in [0, 0.1) is 11.8 Å². The molecule has 0 aromatic heterocycles. The molecule has 0 spiro atoms. The van der Waals surface area contributed by atoms with E-state index in [-0.39, 0.29) is 0 Å². The van der Waals surface area contributed by atoms with Crippen molar-refractivity contribution in [1.82, 2.24) is 10.2 Å². The van der Waals surface area contributed by atoms with Crippen molar-refractivity contribution < 1.29 is 0 Å². The highest BCUT2D eigenvalue weighted by atomic mass is 15.2. The van der Waals surface area contributed by atoms with Gasteiger partial charge in [-0.05, 0) is 51.7 Å². The smallest absolute Gasteiger partial charge is 0.00695 e. The first-order valence-electron chi connectivity index (χ1n) is 6.02. The molecule has 1 heterocycles. The number of piperidine rings is 1. The van der Waals surface area contributed by atoms with Gasteiger partial charge in [-0.1, -0.05) is 13.8 Å². The van der Waals surface area contributed by atoms with Crippen LogP contribution in [0.5, 0.6) is 0 Å². The van der Waals surface area contributed by atoms with Gasteiger partial charge in [0.05, 0.1) is 0 Å². The fraction of sp³-hybridized carbons (Fsp3) is 1.00. The Bertz CT molecular complexity index is 158. The van der Waals surface area contributed by atoms with Gasteiger partial charge in [-0.15, -0.1) is 0 Å². The lowest BCUT2D eigenvalue weighted by atomic mass is 9.92. The van der Waals surface area contributed by atoms with Crippen molar-refractivity contribution in [2.75, 3.05) is 26.7 Å². The lowest BCUT2D eigenvalue weighted by Crippen LogP contribution is -2.43. The third-order valence-corrected chi connectivity index (χ3v) is 3.37. The first-order chi connectivity index (χ1) is 6.63. The summed E-state index contributed by atoms with van der Waals surface area (Å²) in [7, 11) is 2.04. The molecule has 0 amide bonds. The third-order valence-electron chi connectivity index (χ3n) is 3.37. The predicted molar refractivity (Wildman–Crippen MR) is 62.5 cm³/mol. The van der Waals surface area contributed by atoms with E-state index in [9.17, 15) is 0 Å². The van der Waals surface area contributed by atoms with E-state index in [1.54, 1.807) is 0 Å². The molecule has 3 atom stereocenters. The molecule has 2 nitrogen and oxygen atoms in total.